The van der Waals surface area contributed by atoms with Gasteiger partial charge in [0.2, 0.25) is 0 Å². The van der Waals surface area contributed by atoms with Gasteiger partial charge < -0.3 is 10.2 Å². The summed E-state index contributed by atoms with van der Waals surface area (Å²) >= 11 is 0. The smallest absolute Gasteiger partial charge is 0.0469 e. The van der Waals surface area contributed by atoms with Gasteiger partial charge in [-0.3, -0.25) is 4.90 Å². The summed E-state index contributed by atoms with van der Waals surface area (Å²) in [6.45, 7) is 5.73. The average Bonchev–Trinajstić information content (AvgIpc) is 2.61. The van der Waals surface area contributed by atoms with Crippen molar-refractivity contribution in [2.45, 2.75) is 44.1 Å². The Morgan fingerprint density at radius 1 is 1.04 bits per heavy atom. The molecule has 3 rings (SSSR count). The first-order valence-corrected chi connectivity index (χ1v) is 9.43. The maximum absolute atomic E-state index is 3.45. The third-order valence-electron chi connectivity index (χ3n) is 5.66. The molecule has 1 unspecified atom stereocenters. The molecule has 1 atom stereocenters. The molecule has 2 fully saturated rings. The maximum atomic E-state index is 3.45. The first-order valence-electron chi connectivity index (χ1n) is 9.43. The summed E-state index contributed by atoms with van der Waals surface area (Å²) in [4.78, 5) is 4.97. The zero-order chi connectivity index (χ0) is 16.1. The lowest BCUT2D eigenvalue weighted by Gasteiger charge is -2.34. The Balaban J connectivity index is 1.66. The minimum atomic E-state index is 0.494. The van der Waals surface area contributed by atoms with Crippen molar-refractivity contribution in [3.63, 3.8) is 0 Å². The molecule has 0 spiro atoms. The van der Waals surface area contributed by atoms with E-state index in [9.17, 15) is 0 Å². The molecule has 0 aromatic heterocycles. The van der Waals surface area contributed by atoms with E-state index in [1.54, 1.807) is 5.56 Å². The predicted molar refractivity (Wildman–Crippen MR) is 98.0 cm³/mol. The van der Waals surface area contributed by atoms with Crippen molar-refractivity contribution in [3.05, 3.63) is 35.4 Å². The van der Waals surface area contributed by atoms with E-state index >= 15 is 0 Å². The van der Waals surface area contributed by atoms with Crippen LogP contribution in [0.15, 0.2) is 24.3 Å². The lowest BCUT2D eigenvalue weighted by Crippen LogP contribution is -2.46. The zero-order valence-electron chi connectivity index (χ0n) is 14.9. The monoisotopic (exact) mass is 315 g/mol. The van der Waals surface area contributed by atoms with Gasteiger partial charge in [0.1, 0.15) is 0 Å². The van der Waals surface area contributed by atoms with Crippen molar-refractivity contribution in [2.24, 2.45) is 0 Å². The van der Waals surface area contributed by atoms with E-state index < -0.39 is 0 Å². The summed E-state index contributed by atoms with van der Waals surface area (Å²) in [6.07, 6.45) is 7.03. The second-order valence-corrected chi connectivity index (χ2v) is 7.53. The Bertz CT molecular complexity index is 456. The molecule has 1 N–H and O–H groups in total. The van der Waals surface area contributed by atoms with Gasteiger partial charge in [-0.1, -0.05) is 43.5 Å². The topological polar surface area (TPSA) is 18.5 Å². The highest BCUT2D eigenvalue weighted by atomic mass is 15.2. The Morgan fingerprint density at radius 2 is 1.70 bits per heavy atom. The molecular formula is C20H33N3. The molecule has 0 bridgehead atoms. The van der Waals surface area contributed by atoms with Crippen molar-refractivity contribution < 1.29 is 0 Å². The highest BCUT2D eigenvalue weighted by molar-refractivity contribution is 5.28. The number of nitrogens with one attached hydrogen (secondary N) is 1. The van der Waals surface area contributed by atoms with E-state index in [-0.39, 0.29) is 0 Å². The number of piperazine rings is 1. The van der Waals surface area contributed by atoms with Crippen LogP contribution in [0.5, 0.6) is 0 Å². The number of hydrogen-bond donors (Lipinski definition) is 1. The first kappa shape index (κ1) is 16.9. The standard InChI is InChI=1S/C20H33N3/c1-22(2)20(16-23-14-12-21-13-15-23)19-10-8-18(9-11-19)17-6-4-3-5-7-17/h8-11,17,20-21H,3-7,12-16H2,1-2H3. The van der Waals surface area contributed by atoms with Crippen LogP contribution >= 0.6 is 0 Å². The minimum Gasteiger partial charge on any atom is -0.314 e. The highest BCUT2D eigenvalue weighted by Crippen LogP contribution is 2.33. The summed E-state index contributed by atoms with van der Waals surface area (Å²) < 4.78 is 0. The van der Waals surface area contributed by atoms with Gasteiger partial charge in [-0.05, 0) is 44.0 Å². The summed E-state index contributed by atoms with van der Waals surface area (Å²) in [5.41, 5.74) is 3.03. The molecule has 1 saturated carbocycles. The number of likely N-dealkylation sites (N-methyl/N-ethyl adjacent to an activating group) is 1. The molecule has 0 amide bonds. The lowest BCUT2D eigenvalue weighted by molar-refractivity contribution is 0.168. The number of rotatable bonds is 5. The van der Waals surface area contributed by atoms with Crippen LogP contribution in [0.3, 0.4) is 0 Å². The molecule has 0 radical (unpaired) electrons. The van der Waals surface area contributed by atoms with Crippen molar-refractivity contribution >= 4 is 0 Å². The second-order valence-electron chi connectivity index (χ2n) is 7.53. The Morgan fingerprint density at radius 3 is 2.30 bits per heavy atom. The van der Waals surface area contributed by atoms with Crippen LogP contribution in [-0.2, 0) is 0 Å². The van der Waals surface area contributed by atoms with Gasteiger partial charge in [0.15, 0.2) is 0 Å². The Kier molecular flexibility index (Phi) is 6.09. The van der Waals surface area contributed by atoms with Crippen LogP contribution in [0.25, 0.3) is 0 Å². The third kappa shape index (κ3) is 4.56. The molecule has 23 heavy (non-hydrogen) atoms. The molecule has 1 aliphatic heterocycles. The quantitative estimate of drug-likeness (QED) is 0.900. The molecule has 1 heterocycles. The normalized spacial score (nSPS) is 22.4. The minimum absolute atomic E-state index is 0.494. The highest BCUT2D eigenvalue weighted by Gasteiger charge is 2.21. The summed E-state index contributed by atoms with van der Waals surface area (Å²) in [5, 5.41) is 3.45. The van der Waals surface area contributed by atoms with Crippen LogP contribution in [0.4, 0.5) is 0 Å². The fourth-order valence-corrected chi connectivity index (χ4v) is 4.13. The molecule has 1 aliphatic carbocycles. The Labute approximate surface area is 142 Å². The van der Waals surface area contributed by atoms with Gasteiger partial charge in [-0.15, -0.1) is 0 Å². The number of hydrogen-bond acceptors (Lipinski definition) is 3. The Hall–Kier alpha value is -0.900. The molecule has 1 saturated heterocycles. The largest absolute Gasteiger partial charge is 0.314 e. The SMILES string of the molecule is CN(C)C(CN1CCNCC1)c1ccc(C2CCCCC2)cc1. The van der Waals surface area contributed by atoms with Gasteiger partial charge >= 0.3 is 0 Å². The summed E-state index contributed by atoms with van der Waals surface area (Å²) in [5.74, 6) is 0.809. The molecule has 3 heteroatoms. The molecule has 1 aromatic carbocycles. The van der Waals surface area contributed by atoms with Crippen LogP contribution in [0.2, 0.25) is 0 Å². The maximum Gasteiger partial charge on any atom is 0.0469 e. The second kappa shape index (κ2) is 8.27. The van der Waals surface area contributed by atoms with Crippen LogP contribution in [0.1, 0.15) is 55.2 Å². The van der Waals surface area contributed by atoms with Crippen molar-refractivity contribution in [3.8, 4) is 0 Å². The van der Waals surface area contributed by atoms with Crippen LogP contribution < -0.4 is 5.32 Å². The molecule has 1 aromatic rings. The lowest BCUT2D eigenvalue weighted by atomic mass is 9.83. The third-order valence-corrected chi connectivity index (χ3v) is 5.66. The van der Waals surface area contributed by atoms with Crippen molar-refractivity contribution in [1.82, 2.24) is 15.1 Å². The number of benzene rings is 1. The van der Waals surface area contributed by atoms with Crippen molar-refractivity contribution in [1.29, 1.82) is 0 Å². The van der Waals surface area contributed by atoms with Crippen LogP contribution in [0, 0.1) is 0 Å². The first-order chi connectivity index (χ1) is 11.2. The van der Waals surface area contributed by atoms with Gasteiger partial charge in [-0.25, -0.2) is 0 Å². The van der Waals surface area contributed by atoms with Crippen molar-refractivity contribution in [2.75, 3.05) is 46.8 Å². The van der Waals surface area contributed by atoms with Gasteiger partial charge in [0.05, 0.1) is 0 Å². The summed E-state index contributed by atoms with van der Waals surface area (Å²) in [7, 11) is 4.42. The van der Waals surface area contributed by atoms with E-state index in [1.807, 2.05) is 0 Å². The zero-order valence-corrected chi connectivity index (χ0v) is 14.9. The van der Waals surface area contributed by atoms with Gasteiger partial charge in [0, 0.05) is 38.8 Å². The molecule has 3 nitrogen and oxygen atoms in total. The van der Waals surface area contributed by atoms with Crippen LogP contribution in [-0.4, -0.2) is 56.6 Å². The van der Waals surface area contributed by atoms with E-state index in [2.05, 4.69) is 53.5 Å². The fraction of sp³-hybridized carbons (Fsp3) is 0.700. The van der Waals surface area contributed by atoms with E-state index in [4.69, 9.17) is 0 Å². The number of nitrogens with zero attached hydrogens (tertiary/aromatic N) is 2. The molecule has 2 aliphatic rings. The fourth-order valence-electron chi connectivity index (χ4n) is 4.13. The van der Waals surface area contributed by atoms with E-state index in [0.717, 1.165) is 25.6 Å². The molecule has 128 valence electrons. The predicted octanol–water partition coefficient (Wildman–Crippen LogP) is 3.24. The average molecular weight is 316 g/mol. The van der Waals surface area contributed by atoms with E-state index in [0.29, 0.717) is 6.04 Å². The molecular weight excluding hydrogens is 282 g/mol. The summed E-state index contributed by atoms with van der Waals surface area (Å²) in [6, 6.07) is 10.1. The van der Waals surface area contributed by atoms with Gasteiger partial charge in [-0.2, -0.15) is 0 Å². The van der Waals surface area contributed by atoms with Gasteiger partial charge in [0.25, 0.3) is 0 Å². The van der Waals surface area contributed by atoms with E-state index in [1.165, 1.54) is 50.8 Å².